The Kier molecular flexibility index (Phi) is 6.62. The monoisotopic (exact) mass is 487 g/mol. The number of para-hydroxylation sites is 1. The Labute approximate surface area is 202 Å². The SMILES string of the molecule is CC(C)C[C@@H](C(=O)N(C)CC[C@H]1C(=O)Nc2ccccc21)N1Cc2c(cccc2C(F)(F)F)C1=O. The molecule has 2 aliphatic heterocycles. The van der Waals surface area contributed by atoms with Gasteiger partial charge in [0, 0.05) is 31.4 Å². The quantitative estimate of drug-likeness (QED) is 0.618. The summed E-state index contributed by atoms with van der Waals surface area (Å²) in [6.07, 6.45) is -3.88. The van der Waals surface area contributed by atoms with E-state index in [9.17, 15) is 27.6 Å². The molecule has 2 aliphatic rings. The molecule has 186 valence electrons. The number of fused-ring (bicyclic) bond motifs is 2. The predicted molar refractivity (Wildman–Crippen MR) is 125 cm³/mol. The Bertz CT molecular complexity index is 1160. The van der Waals surface area contributed by atoms with E-state index >= 15 is 0 Å². The summed E-state index contributed by atoms with van der Waals surface area (Å²) in [5.41, 5.74) is 0.689. The van der Waals surface area contributed by atoms with Crippen molar-refractivity contribution < 1.29 is 27.6 Å². The lowest BCUT2D eigenvalue weighted by Gasteiger charge is -2.32. The average molecular weight is 488 g/mol. The molecular formula is C26H28F3N3O3. The zero-order chi connectivity index (χ0) is 25.5. The number of rotatable bonds is 7. The number of nitrogens with one attached hydrogen (secondary N) is 1. The second-order valence-electron chi connectivity index (χ2n) is 9.59. The highest BCUT2D eigenvalue weighted by molar-refractivity contribution is 6.03. The van der Waals surface area contributed by atoms with Crippen molar-refractivity contribution in [2.75, 3.05) is 18.9 Å². The molecule has 4 rings (SSSR count). The van der Waals surface area contributed by atoms with Gasteiger partial charge in [-0.1, -0.05) is 38.1 Å². The average Bonchev–Trinajstić information content (AvgIpc) is 3.30. The van der Waals surface area contributed by atoms with Gasteiger partial charge in [-0.15, -0.1) is 0 Å². The van der Waals surface area contributed by atoms with Gasteiger partial charge in [-0.05, 0) is 48.1 Å². The van der Waals surface area contributed by atoms with Gasteiger partial charge < -0.3 is 15.1 Å². The summed E-state index contributed by atoms with van der Waals surface area (Å²) in [4.78, 5) is 41.8. The molecule has 0 spiro atoms. The van der Waals surface area contributed by atoms with Crippen LogP contribution in [0.2, 0.25) is 0 Å². The van der Waals surface area contributed by atoms with E-state index in [-0.39, 0.29) is 41.9 Å². The van der Waals surface area contributed by atoms with Gasteiger partial charge in [0.15, 0.2) is 0 Å². The third kappa shape index (κ3) is 4.76. The van der Waals surface area contributed by atoms with Crippen molar-refractivity contribution in [3.05, 3.63) is 64.7 Å². The predicted octanol–water partition coefficient (Wildman–Crippen LogP) is 4.66. The highest BCUT2D eigenvalue weighted by Gasteiger charge is 2.43. The van der Waals surface area contributed by atoms with Gasteiger partial charge >= 0.3 is 6.18 Å². The molecule has 2 aromatic carbocycles. The van der Waals surface area contributed by atoms with Crippen LogP contribution in [-0.4, -0.2) is 47.2 Å². The van der Waals surface area contributed by atoms with Gasteiger partial charge in [0.1, 0.15) is 6.04 Å². The van der Waals surface area contributed by atoms with Crippen LogP contribution in [0.1, 0.15) is 59.7 Å². The lowest BCUT2D eigenvalue weighted by molar-refractivity contribution is -0.138. The Morgan fingerprint density at radius 1 is 1.14 bits per heavy atom. The molecule has 6 nitrogen and oxygen atoms in total. The number of benzene rings is 2. The van der Waals surface area contributed by atoms with Crippen LogP contribution in [0.3, 0.4) is 0 Å². The molecule has 35 heavy (non-hydrogen) atoms. The van der Waals surface area contributed by atoms with E-state index in [2.05, 4.69) is 5.32 Å². The summed E-state index contributed by atoms with van der Waals surface area (Å²) in [5.74, 6) is -1.40. The number of halogens is 3. The standard InChI is InChI=1S/C26H28F3N3O3/c1-15(2)13-22(32-14-19-18(24(32)34)8-6-9-20(19)26(27,28)29)25(35)31(3)12-11-17-16-7-4-5-10-21(16)30-23(17)33/h4-10,15,17,22H,11-14H2,1-3H3,(H,30,33)/t17-,22+/m1/s1. The van der Waals surface area contributed by atoms with Gasteiger partial charge in [0.25, 0.3) is 5.91 Å². The molecule has 3 amide bonds. The molecule has 0 saturated carbocycles. The topological polar surface area (TPSA) is 69.7 Å². The number of alkyl halides is 3. The van der Waals surface area contributed by atoms with Crippen molar-refractivity contribution in [1.29, 1.82) is 0 Å². The first-order valence-electron chi connectivity index (χ1n) is 11.6. The Hall–Kier alpha value is -3.36. The van der Waals surface area contributed by atoms with Crippen molar-refractivity contribution in [2.45, 2.75) is 51.4 Å². The molecule has 2 heterocycles. The minimum atomic E-state index is -4.59. The summed E-state index contributed by atoms with van der Waals surface area (Å²) < 4.78 is 40.6. The first kappa shape index (κ1) is 24.8. The summed E-state index contributed by atoms with van der Waals surface area (Å²) in [6, 6.07) is 10.1. The molecule has 0 unspecified atom stereocenters. The third-order valence-electron chi connectivity index (χ3n) is 6.70. The first-order valence-corrected chi connectivity index (χ1v) is 11.6. The fourth-order valence-electron chi connectivity index (χ4n) is 4.93. The third-order valence-corrected chi connectivity index (χ3v) is 6.70. The van der Waals surface area contributed by atoms with Crippen LogP contribution in [0, 0.1) is 5.92 Å². The Morgan fingerprint density at radius 2 is 1.86 bits per heavy atom. The van der Waals surface area contributed by atoms with E-state index in [1.807, 2.05) is 38.1 Å². The number of anilines is 1. The molecule has 0 saturated heterocycles. The minimum Gasteiger partial charge on any atom is -0.344 e. The van der Waals surface area contributed by atoms with Crippen LogP contribution in [0.15, 0.2) is 42.5 Å². The Morgan fingerprint density at radius 3 is 2.54 bits per heavy atom. The molecule has 0 radical (unpaired) electrons. The first-order chi connectivity index (χ1) is 16.5. The van der Waals surface area contributed by atoms with E-state index in [1.54, 1.807) is 7.05 Å². The van der Waals surface area contributed by atoms with Gasteiger partial charge in [-0.2, -0.15) is 13.2 Å². The van der Waals surface area contributed by atoms with Crippen molar-refractivity contribution in [2.24, 2.45) is 5.92 Å². The lowest BCUT2D eigenvalue weighted by atomic mass is 9.96. The zero-order valence-electron chi connectivity index (χ0n) is 19.9. The second kappa shape index (κ2) is 9.36. The molecule has 2 aromatic rings. The van der Waals surface area contributed by atoms with Crippen LogP contribution in [0.5, 0.6) is 0 Å². The molecule has 0 aliphatic carbocycles. The van der Waals surface area contributed by atoms with Crippen molar-refractivity contribution >= 4 is 23.4 Å². The van der Waals surface area contributed by atoms with Crippen LogP contribution < -0.4 is 5.32 Å². The van der Waals surface area contributed by atoms with Crippen LogP contribution in [0.25, 0.3) is 0 Å². The lowest BCUT2D eigenvalue weighted by Crippen LogP contribution is -2.48. The molecule has 0 fully saturated rings. The largest absolute Gasteiger partial charge is 0.416 e. The fourth-order valence-corrected chi connectivity index (χ4v) is 4.93. The van der Waals surface area contributed by atoms with E-state index in [4.69, 9.17) is 0 Å². The van der Waals surface area contributed by atoms with Crippen molar-refractivity contribution in [3.8, 4) is 0 Å². The zero-order valence-corrected chi connectivity index (χ0v) is 19.9. The normalized spacial score (nSPS) is 17.9. The van der Waals surface area contributed by atoms with Crippen molar-refractivity contribution in [3.63, 3.8) is 0 Å². The van der Waals surface area contributed by atoms with Gasteiger partial charge in [-0.3, -0.25) is 14.4 Å². The highest BCUT2D eigenvalue weighted by atomic mass is 19.4. The summed E-state index contributed by atoms with van der Waals surface area (Å²) >= 11 is 0. The molecule has 9 heteroatoms. The van der Waals surface area contributed by atoms with Crippen molar-refractivity contribution in [1.82, 2.24) is 9.80 Å². The number of nitrogens with zero attached hydrogens (tertiary/aromatic N) is 2. The fraction of sp³-hybridized carbons (Fsp3) is 0.423. The molecular weight excluding hydrogens is 459 g/mol. The number of carbonyl (C=O) groups excluding carboxylic acids is 3. The Balaban J connectivity index is 1.52. The van der Waals surface area contributed by atoms with Gasteiger partial charge in [0.2, 0.25) is 11.8 Å². The molecule has 2 atom stereocenters. The van der Waals surface area contributed by atoms with E-state index in [0.29, 0.717) is 12.8 Å². The maximum absolute atomic E-state index is 13.5. The maximum Gasteiger partial charge on any atom is 0.416 e. The summed E-state index contributed by atoms with van der Waals surface area (Å²) in [6.45, 7) is 3.80. The van der Waals surface area contributed by atoms with Gasteiger partial charge in [-0.25, -0.2) is 0 Å². The van der Waals surface area contributed by atoms with E-state index in [1.165, 1.54) is 21.9 Å². The molecule has 0 aromatic heterocycles. The van der Waals surface area contributed by atoms with Crippen LogP contribution in [0.4, 0.5) is 18.9 Å². The highest BCUT2D eigenvalue weighted by Crippen LogP contribution is 2.38. The summed E-state index contributed by atoms with van der Waals surface area (Å²) in [7, 11) is 1.60. The van der Waals surface area contributed by atoms with E-state index < -0.39 is 29.6 Å². The minimum absolute atomic E-state index is 0.0109. The number of hydrogen-bond acceptors (Lipinski definition) is 3. The number of hydrogen-bond donors (Lipinski definition) is 1. The number of carbonyl (C=O) groups is 3. The molecule has 0 bridgehead atoms. The number of likely N-dealkylation sites (N-methyl/N-ethyl adjacent to an activating group) is 1. The second-order valence-corrected chi connectivity index (χ2v) is 9.59. The summed E-state index contributed by atoms with van der Waals surface area (Å²) in [5, 5.41) is 2.84. The maximum atomic E-state index is 13.5. The van der Waals surface area contributed by atoms with Crippen LogP contribution >= 0.6 is 0 Å². The molecule has 1 N–H and O–H groups in total. The van der Waals surface area contributed by atoms with E-state index in [0.717, 1.165) is 17.3 Å². The smallest absolute Gasteiger partial charge is 0.344 e. The van der Waals surface area contributed by atoms with Crippen LogP contribution in [-0.2, 0) is 22.3 Å². The van der Waals surface area contributed by atoms with Gasteiger partial charge in [0.05, 0.1) is 11.5 Å². The number of amides is 3.